The van der Waals surface area contributed by atoms with Gasteiger partial charge in [-0.15, -0.1) is 11.8 Å². The van der Waals surface area contributed by atoms with Crippen LogP contribution in [0.3, 0.4) is 0 Å². The fraction of sp³-hybridized carbons (Fsp3) is 0.280. The molecule has 0 bridgehead atoms. The number of carbonyl (C=O) groups is 1. The number of amides is 1. The first-order valence-corrected chi connectivity index (χ1v) is 11.8. The number of hydrogen-bond donors (Lipinski definition) is 1. The molecule has 172 valence electrons. The van der Waals surface area contributed by atoms with Crippen LogP contribution in [0.15, 0.2) is 65.7 Å². The summed E-state index contributed by atoms with van der Waals surface area (Å²) >= 11 is 1.44. The van der Waals surface area contributed by atoms with Crippen molar-refractivity contribution in [2.24, 2.45) is 0 Å². The number of aromatic nitrogens is 1. The van der Waals surface area contributed by atoms with Gasteiger partial charge in [0, 0.05) is 23.2 Å². The summed E-state index contributed by atoms with van der Waals surface area (Å²) in [5.74, 6) is 3.57. The van der Waals surface area contributed by atoms with Crippen LogP contribution in [0.25, 0.3) is 0 Å². The van der Waals surface area contributed by atoms with Crippen LogP contribution in [0.4, 0.5) is 0 Å². The number of thioether (sulfide) groups is 1. The van der Waals surface area contributed by atoms with Crippen molar-refractivity contribution in [3.05, 3.63) is 66.4 Å². The van der Waals surface area contributed by atoms with Gasteiger partial charge in [0.25, 0.3) is 0 Å². The van der Waals surface area contributed by atoms with Crippen LogP contribution in [0, 0.1) is 0 Å². The molecule has 1 amide bonds. The van der Waals surface area contributed by atoms with Gasteiger partial charge in [0.1, 0.15) is 24.7 Å². The highest BCUT2D eigenvalue weighted by atomic mass is 32.2. The molecule has 2 aromatic carbocycles. The summed E-state index contributed by atoms with van der Waals surface area (Å²) in [6.07, 6.45) is 2.62. The second-order valence-electron chi connectivity index (χ2n) is 7.26. The number of rotatable bonds is 10. The largest absolute Gasteiger partial charge is 0.494 e. The van der Waals surface area contributed by atoms with Gasteiger partial charge in [0.15, 0.2) is 11.5 Å². The van der Waals surface area contributed by atoms with E-state index in [1.807, 2.05) is 54.6 Å². The average molecular weight is 467 g/mol. The average Bonchev–Trinajstić information content (AvgIpc) is 2.86. The first-order valence-electron chi connectivity index (χ1n) is 10.8. The molecule has 3 aromatic rings. The first kappa shape index (κ1) is 22.8. The lowest BCUT2D eigenvalue weighted by Gasteiger charge is -2.18. The molecule has 0 atom stereocenters. The number of pyridine rings is 1. The number of nitrogens with zero attached hydrogens (tertiary/aromatic N) is 1. The predicted molar refractivity (Wildman–Crippen MR) is 127 cm³/mol. The van der Waals surface area contributed by atoms with Crippen LogP contribution in [0.5, 0.6) is 28.9 Å². The second-order valence-corrected chi connectivity index (χ2v) is 8.31. The highest BCUT2D eigenvalue weighted by Crippen LogP contribution is 2.34. The van der Waals surface area contributed by atoms with E-state index in [-0.39, 0.29) is 11.7 Å². The molecule has 0 spiro atoms. The van der Waals surface area contributed by atoms with Gasteiger partial charge in [0.2, 0.25) is 11.8 Å². The van der Waals surface area contributed by atoms with E-state index in [9.17, 15) is 4.79 Å². The molecule has 1 aliphatic rings. The monoisotopic (exact) mass is 466 g/mol. The van der Waals surface area contributed by atoms with Gasteiger partial charge < -0.3 is 24.3 Å². The number of ether oxygens (including phenoxy) is 4. The van der Waals surface area contributed by atoms with Crippen LogP contribution in [0.2, 0.25) is 0 Å². The van der Waals surface area contributed by atoms with Gasteiger partial charge in [-0.25, -0.2) is 4.98 Å². The second kappa shape index (κ2) is 11.5. The molecule has 0 radical (unpaired) electrons. The zero-order valence-electron chi connectivity index (χ0n) is 18.4. The zero-order valence-corrected chi connectivity index (χ0v) is 19.2. The van der Waals surface area contributed by atoms with Gasteiger partial charge >= 0.3 is 0 Å². The number of benzene rings is 2. The highest BCUT2D eigenvalue weighted by Gasteiger charge is 2.13. The molecule has 0 saturated heterocycles. The van der Waals surface area contributed by atoms with E-state index in [2.05, 4.69) is 17.2 Å². The maximum atomic E-state index is 12.4. The van der Waals surface area contributed by atoms with E-state index in [1.165, 1.54) is 11.8 Å². The lowest BCUT2D eigenvalue weighted by Crippen LogP contribution is -2.24. The minimum Gasteiger partial charge on any atom is -0.494 e. The molecule has 7 nitrogen and oxygen atoms in total. The normalized spacial score (nSPS) is 12.2. The summed E-state index contributed by atoms with van der Waals surface area (Å²) in [5.41, 5.74) is 0.793. The third-order valence-corrected chi connectivity index (χ3v) is 5.71. The summed E-state index contributed by atoms with van der Waals surface area (Å²) < 4.78 is 22.7. The Hall–Kier alpha value is -3.39. The van der Waals surface area contributed by atoms with Crippen molar-refractivity contribution in [1.29, 1.82) is 0 Å². The van der Waals surface area contributed by atoms with E-state index in [0.29, 0.717) is 43.7 Å². The Kier molecular flexibility index (Phi) is 7.92. The molecule has 1 aliphatic heterocycles. The van der Waals surface area contributed by atoms with Crippen LogP contribution in [-0.4, -0.2) is 36.5 Å². The predicted octanol–water partition coefficient (Wildman–Crippen LogP) is 4.84. The van der Waals surface area contributed by atoms with Crippen molar-refractivity contribution in [1.82, 2.24) is 10.3 Å². The first-order chi connectivity index (χ1) is 16.2. The van der Waals surface area contributed by atoms with Crippen LogP contribution in [-0.2, 0) is 11.3 Å². The van der Waals surface area contributed by atoms with Crippen LogP contribution in [0.1, 0.15) is 18.9 Å². The summed E-state index contributed by atoms with van der Waals surface area (Å²) in [4.78, 5) is 17.7. The SMILES string of the molecule is CCCOc1ccc(Oc2ncccc2CNC(=O)CSc2ccc3c(c2)OCCO3)cc1. The number of hydrogen-bond acceptors (Lipinski definition) is 7. The Bertz CT molecular complexity index is 1070. The summed E-state index contributed by atoms with van der Waals surface area (Å²) in [6.45, 7) is 4.16. The Balaban J connectivity index is 1.29. The molecule has 2 heterocycles. The molecule has 1 N–H and O–H groups in total. The zero-order chi connectivity index (χ0) is 22.9. The molecule has 1 aromatic heterocycles. The van der Waals surface area contributed by atoms with Crippen molar-refractivity contribution < 1.29 is 23.7 Å². The third kappa shape index (κ3) is 6.55. The molecule has 33 heavy (non-hydrogen) atoms. The van der Waals surface area contributed by atoms with E-state index < -0.39 is 0 Å². The fourth-order valence-electron chi connectivity index (χ4n) is 3.09. The van der Waals surface area contributed by atoms with E-state index >= 15 is 0 Å². The molecule has 4 rings (SSSR count). The summed E-state index contributed by atoms with van der Waals surface area (Å²) in [5, 5.41) is 2.93. The van der Waals surface area contributed by atoms with Crippen LogP contribution >= 0.6 is 11.8 Å². The summed E-state index contributed by atoms with van der Waals surface area (Å²) in [7, 11) is 0. The molecule has 0 unspecified atom stereocenters. The van der Waals surface area contributed by atoms with Gasteiger partial charge in [-0.1, -0.05) is 13.0 Å². The quantitative estimate of drug-likeness (QED) is 0.428. The topological polar surface area (TPSA) is 78.9 Å². The van der Waals surface area contributed by atoms with Crippen molar-refractivity contribution in [3.63, 3.8) is 0 Å². The van der Waals surface area contributed by atoms with Crippen molar-refractivity contribution in [3.8, 4) is 28.9 Å². The maximum Gasteiger partial charge on any atom is 0.230 e. The lowest BCUT2D eigenvalue weighted by atomic mass is 10.2. The number of carbonyl (C=O) groups excluding carboxylic acids is 1. The molecule has 0 saturated carbocycles. The molecule has 8 heteroatoms. The molecule has 0 fully saturated rings. The van der Waals surface area contributed by atoms with Crippen molar-refractivity contribution >= 4 is 17.7 Å². The van der Waals surface area contributed by atoms with E-state index in [4.69, 9.17) is 18.9 Å². The maximum absolute atomic E-state index is 12.4. The van der Waals surface area contributed by atoms with Gasteiger partial charge in [-0.05, 0) is 55.0 Å². The van der Waals surface area contributed by atoms with Crippen molar-refractivity contribution in [2.75, 3.05) is 25.6 Å². The van der Waals surface area contributed by atoms with E-state index in [0.717, 1.165) is 28.4 Å². The molecular weight excluding hydrogens is 440 g/mol. The standard InChI is InChI=1S/C25H26N2O5S/c1-2-12-29-19-5-7-20(8-6-19)32-25-18(4-3-11-26-25)16-27-24(28)17-33-21-9-10-22-23(15-21)31-14-13-30-22/h3-11,15H,2,12-14,16-17H2,1H3,(H,27,28). The van der Waals surface area contributed by atoms with Gasteiger partial charge in [0.05, 0.1) is 12.4 Å². The van der Waals surface area contributed by atoms with E-state index in [1.54, 1.807) is 6.20 Å². The highest BCUT2D eigenvalue weighted by molar-refractivity contribution is 8.00. The third-order valence-electron chi connectivity index (χ3n) is 4.72. The Labute approximate surface area is 197 Å². The van der Waals surface area contributed by atoms with Crippen LogP contribution < -0.4 is 24.3 Å². The minimum atomic E-state index is -0.0814. The Morgan fingerprint density at radius 2 is 1.85 bits per heavy atom. The molecule has 0 aliphatic carbocycles. The number of nitrogens with one attached hydrogen (secondary N) is 1. The number of fused-ring (bicyclic) bond motifs is 1. The fourth-order valence-corrected chi connectivity index (χ4v) is 3.85. The summed E-state index contributed by atoms with van der Waals surface area (Å²) in [6, 6.07) is 16.8. The Morgan fingerprint density at radius 1 is 1.06 bits per heavy atom. The minimum absolute atomic E-state index is 0.0814. The lowest BCUT2D eigenvalue weighted by molar-refractivity contribution is -0.118. The van der Waals surface area contributed by atoms with Crippen molar-refractivity contribution in [2.45, 2.75) is 24.8 Å². The van der Waals surface area contributed by atoms with Gasteiger partial charge in [-0.2, -0.15) is 0 Å². The Morgan fingerprint density at radius 3 is 2.67 bits per heavy atom. The molecular formula is C25H26N2O5S. The smallest absolute Gasteiger partial charge is 0.230 e. The van der Waals surface area contributed by atoms with Gasteiger partial charge in [-0.3, -0.25) is 4.79 Å².